The predicted molar refractivity (Wildman–Crippen MR) is 79.7 cm³/mol. The Morgan fingerprint density at radius 2 is 2.05 bits per heavy atom. The number of ether oxygens (including phenoxy) is 1. The molecule has 19 heavy (non-hydrogen) atoms. The lowest BCUT2D eigenvalue weighted by Gasteiger charge is -2.36. The second kappa shape index (κ2) is 7.06. The fourth-order valence-electron chi connectivity index (χ4n) is 2.44. The zero-order valence-electron chi connectivity index (χ0n) is 11.6. The lowest BCUT2D eigenvalue weighted by Crippen LogP contribution is -2.46. The molecule has 1 aliphatic heterocycles. The number of benzene rings is 1. The van der Waals surface area contributed by atoms with E-state index in [9.17, 15) is 0 Å². The highest BCUT2D eigenvalue weighted by Crippen LogP contribution is 2.22. The van der Waals surface area contributed by atoms with Gasteiger partial charge in [-0.3, -0.25) is 4.90 Å². The van der Waals surface area contributed by atoms with Gasteiger partial charge in [0.05, 0.1) is 7.11 Å². The van der Waals surface area contributed by atoms with Gasteiger partial charge in [-0.1, -0.05) is 6.07 Å². The van der Waals surface area contributed by atoms with Crippen LogP contribution in [0.15, 0.2) is 24.3 Å². The molecule has 0 radical (unpaired) electrons. The molecule has 0 amide bonds. The molecule has 0 N–H and O–H groups in total. The van der Waals surface area contributed by atoms with Crippen molar-refractivity contribution in [1.82, 2.24) is 4.90 Å². The number of anilines is 1. The lowest BCUT2D eigenvalue weighted by molar-refractivity contribution is 0.256. The van der Waals surface area contributed by atoms with Crippen molar-refractivity contribution in [1.29, 1.82) is 0 Å². The number of rotatable bonds is 5. The van der Waals surface area contributed by atoms with Gasteiger partial charge in [0.15, 0.2) is 0 Å². The summed E-state index contributed by atoms with van der Waals surface area (Å²) in [5, 5.41) is 0. The fourth-order valence-corrected chi connectivity index (χ4v) is 2.44. The van der Waals surface area contributed by atoms with E-state index < -0.39 is 0 Å². The second-order valence-corrected chi connectivity index (χ2v) is 4.84. The molecule has 1 aliphatic rings. The smallest absolute Gasteiger partial charge is 0.120 e. The van der Waals surface area contributed by atoms with Crippen LogP contribution >= 0.6 is 0 Å². The summed E-state index contributed by atoms with van der Waals surface area (Å²) in [7, 11) is 1.71. The van der Waals surface area contributed by atoms with Gasteiger partial charge in [0, 0.05) is 44.4 Å². The Morgan fingerprint density at radius 1 is 1.26 bits per heavy atom. The molecular formula is C16H22N2O. The maximum Gasteiger partial charge on any atom is 0.120 e. The van der Waals surface area contributed by atoms with E-state index in [4.69, 9.17) is 11.2 Å². The van der Waals surface area contributed by atoms with Crippen molar-refractivity contribution in [2.45, 2.75) is 12.8 Å². The van der Waals surface area contributed by atoms with Crippen molar-refractivity contribution in [3.05, 3.63) is 24.3 Å². The minimum absolute atomic E-state index is 0.885. The molecule has 0 spiro atoms. The summed E-state index contributed by atoms with van der Waals surface area (Å²) in [4.78, 5) is 4.91. The topological polar surface area (TPSA) is 15.7 Å². The predicted octanol–water partition coefficient (Wildman–Crippen LogP) is 2.23. The average Bonchev–Trinajstić information content (AvgIpc) is 2.48. The van der Waals surface area contributed by atoms with E-state index in [1.807, 2.05) is 12.1 Å². The van der Waals surface area contributed by atoms with Crippen LogP contribution < -0.4 is 9.64 Å². The summed E-state index contributed by atoms with van der Waals surface area (Å²) in [5.41, 5.74) is 1.25. The number of piperazine rings is 1. The highest BCUT2D eigenvalue weighted by Gasteiger charge is 2.16. The van der Waals surface area contributed by atoms with Crippen LogP contribution in [-0.4, -0.2) is 44.7 Å². The summed E-state index contributed by atoms with van der Waals surface area (Å²) in [5.74, 6) is 3.63. The first-order valence-corrected chi connectivity index (χ1v) is 6.88. The van der Waals surface area contributed by atoms with Crippen molar-refractivity contribution in [2.75, 3.05) is 44.7 Å². The first-order chi connectivity index (χ1) is 9.33. The molecule has 0 unspecified atom stereocenters. The monoisotopic (exact) mass is 258 g/mol. The van der Waals surface area contributed by atoms with Gasteiger partial charge in [-0.25, -0.2) is 0 Å². The molecule has 0 atom stereocenters. The van der Waals surface area contributed by atoms with Gasteiger partial charge in [-0.05, 0) is 25.1 Å². The third kappa shape index (κ3) is 3.90. The molecule has 3 heteroatoms. The number of methoxy groups -OCH3 is 1. The van der Waals surface area contributed by atoms with Gasteiger partial charge >= 0.3 is 0 Å². The largest absolute Gasteiger partial charge is 0.497 e. The van der Waals surface area contributed by atoms with Gasteiger partial charge in [-0.15, -0.1) is 12.3 Å². The first-order valence-electron chi connectivity index (χ1n) is 6.88. The Balaban J connectivity index is 1.84. The molecule has 1 saturated heterocycles. The number of hydrogen-bond acceptors (Lipinski definition) is 3. The van der Waals surface area contributed by atoms with Gasteiger partial charge in [0.2, 0.25) is 0 Å². The van der Waals surface area contributed by atoms with E-state index in [1.54, 1.807) is 7.11 Å². The van der Waals surface area contributed by atoms with E-state index >= 15 is 0 Å². The Morgan fingerprint density at radius 3 is 2.74 bits per heavy atom. The molecule has 1 aromatic carbocycles. The standard InChI is InChI=1S/C16H22N2O/c1-3-4-5-9-17-10-12-18(13-11-17)15-7-6-8-16(14-15)19-2/h1,6-8,14H,4-5,9-13H2,2H3. The Bertz CT molecular complexity index is 431. The van der Waals surface area contributed by atoms with E-state index in [1.165, 1.54) is 5.69 Å². The van der Waals surface area contributed by atoms with Crippen LogP contribution in [0.3, 0.4) is 0 Å². The highest BCUT2D eigenvalue weighted by molar-refractivity contribution is 5.51. The molecule has 0 aromatic heterocycles. The molecule has 102 valence electrons. The lowest BCUT2D eigenvalue weighted by atomic mass is 10.2. The molecule has 3 nitrogen and oxygen atoms in total. The van der Waals surface area contributed by atoms with Gasteiger partial charge in [0.1, 0.15) is 5.75 Å². The van der Waals surface area contributed by atoms with Crippen molar-refractivity contribution < 1.29 is 4.74 Å². The quantitative estimate of drug-likeness (QED) is 0.595. The molecule has 0 bridgehead atoms. The zero-order valence-corrected chi connectivity index (χ0v) is 11.6. The van der Waals surface area contributed by atoms with Crippen molar-refractivity contribution in [3.63, 3.8) is 0 Å². The van der Waals surface area contributed by atoms with Gasteiger partial charge < -0.3 is 9.64 Å². The van der Waals surface area contributed by atoms with Crippen LogP contribution in [0.2, 0.25) is 0 Å². The summed E-state index contributed by atoms with van der Waals surface area (Å²) in [6, 6.07) is 8.29. The Labute approximate surface area is 116 Å². The Kier molecular flexibility index (Phi) is 5.11. The van der Waals surface area contributed by atoms with Gasteiger partial charge in [-0.2, -0.15) is 0 Å². The fraction of sp³-hybridized carbons (Fsp3) is 0.500. The van der Waals surface area contributed by atoms with E-state index in [0.717, 1.165) is 51.3 Å². The SMILES string of the molecule is C#CCCCN1CCN(c2cccc(OC)c2)CC1. The van der Waals surface area contributed by atoms with Crippen LogP contribution in [-0.2, 0) is 0 Å². The number of hydrogen-bond donors (Lipinski definition) is 0. The van der Waals surface area contributed by atoms with Crippen LogP contribution in [0.1, 0.15) is 12.8 Å². The average molecular weight is 258 g/mol. The van der Waals surface area contributed by atoms with Crippen LogP contribution in [0.5, 0.6) is 5.75 Å². The maximum absolute atomic E-state index is 5.28. The van der Waals surface area contributed by atoms with Crippen molar-refractivity contribution in [2.24, 2.45) is 0 Å². The van der Waals surface area contributed by atoms with Crippen LogP contribution in [0.25, 0.3) is 0 Å². The normalized spacial score (nSPS) is 16.1. The van der Waals surface area contributed by atoms with Crippen molar-refractivity contribution in [3.8, 4) is 18.1 Å². The molecule has 1 heterocycles. The Hall–Kier alpha value is -1.66. The van der Waals surface area contributed by atoms with E-state index in [0.29, 0.717) is 0 Å². The molecule has 0 aliphatic carbocycles. The number of terminal acetylenes is 1. The molecule has 0 saturated carbocycles. The van der Waals surface area contributed by atoms with Crippen molar-refractivity contribution >= 4 is 5.69 Å². The summed E-state index contributed by atoms with van der Waals surface area (Å²) >= 11 is 0. The summed E-state index contributed by atoms with van der Waals surface area (Å²) < 4.78 is 5.28. The third-order valence-corrected chi connectivity index (χ3v) is 3.59. The molecule has 1 fully saturated rings. The molecule has 1 aromatic rings. The minimum atomic E-state index is 0.885. The molecule has 2 rings (SSSR count). The number of unbranched alkanes of at least 4 members (excludes halogenated alkanes) is 1. The first kappa shape index (κ1) is 13.8. The van der Waals surface area contributed by atoms with Gasteiger partial charge in [0.25, 0.3) is 0 Å². The zero-order chi connectivity index (χ0) is 13.5. The molecular weight excluding hydrogens is 236 g/mol. The second-order valence-electron chi connectivity index (χ2n) is 4.84. The highest BCUT2D eigenvalue weighted by atomic mass is 16.5. The third-order valence-electron chi connectivity index (χ3n) is 3.59. The van der Waals surface area contributed by atoms with Crippen LogP contribution in [0.4, 0.5) is 5.69 Å². The number of nitrogens with zero attached hydrogens (tertiary/aromatic N) is 2. The minimum Gasteiger partial charge on any atom is -0.497 e. The van der Waals surface area contributed by atoms with Crippen LogP contribution in [0, 0.1) is 12.3 Å². The van der Waals surface area contributed by atoms with E-state index in [2.05, 4.69) is 27.9 Å². The van der Waals surface area contributed by atoms with E-state index in [-0.39, 0.29) is 0 Å². The summed E-state index contributed by atoms with van der Waals surface area (Å²) in [6.45, 7) is 5.49. The maximum atomic E-state index is 5.28. The summed E-state index contributed by atoms with van der Waals surface area (Å²) in [6.07, 6.45) is 7.27.